The molecular formula is C16H31NO4. The van der Waals surface area contributed by atoms with Gasteiger partial charge in [-0.05, 0) is 12.8 Å². The van der Waals surface area contributed by atoms with Crippen LogP contribution in [0.25, 0.3) is 0 Å². The minimum absolute atomic E-state index is 0.0736. The quantitative estimate of drug-likeness (QED) is 0.501. The van der Waals surface area contributed by atoms with Crippen LogP contribution in [0.5, 0.6) is 0 Å². The fourth-order valence-corrected chi connectivity index (χ4v) is 2.24. The summed E-state index contributed by atoms with van der Waals surface area (Å²) in [6.45, 7) is 0.659. The van der Waals surface area contributed by atoms with Gasteiger partial charge in [0.05, 0.1) is 0 Å². The molecule has 1 N–H and O–H groups in total. The summed E-state index contributed by atoms with van der Waals surface area (Å²) >= 11 is 0. The van der Waals surface area contributed by atoms with Crippen LogP contribution in [0.15, 0.2) is 0 Å². The second-order valence-electron chi connectivity index (χ2n) is 5.57. The lowest BCUT2D eigenvalue weighted by molar-refractivity contribution is -0.143. The Morgan fingerprint density at radius 1 is 0.905 bits per heavy atom. The molecule has 0 saturated heterocycles. The van der Waals surface area contributed by atoms with E-state index >= 15 is 0 Å². The van der Waals surface area contributed by atoms with Gasteiger partial charge in [-0.25, -0.2) is 0 Å². The van der Waals surface area contributed by atoms with Crippen LogP contribution >= 0.6 is 0 Å². The molecule has 0 saturated carbocycles. The first-order valence-electron chi connectivity index (χ1n) is 8.02. The van der Waals surface area contributed by atoms with E-state index in [1.54, 1.807) is 14.2 Å². The number of rotatable bonds is 14. The third kappa shape index (κ3) is 13.6. The molecule has 5 heteroatoms. The lowest BCUT2D eigenvalue weighted by Crippen LogP contribution is -2.31. The minimum atomic E-state index is -0.962. The highest BCUT2D eigenvalue weighted by molar-refractivity contribution is 5.80. The Hall–Kier alpha value is -1.10. The van der Waals surface area contributed by atoms with Gasteiger partial charge >= 0.3 is 5.97 Å². The van der Waals surface area contributed by atoms with Gasteiger partial charge in [-0.2, -0.15) is 0 Å². The maximum atomic E-state index is 11.6. The molecule has 0 aliphatic rings. The van der Waals surface area contributed by atoms with Crippen molar-refractivity contribution in [2.75, 3.05) is 27.3 Å². The summed E-state index contributed by atoms with van der Waals surface area (Å²) in [6.07, 6.45) is 11.0. The van der Waals surface area contributed by atoms with Crippen LogP contribution in [0.3, 0.4) is 0 Å². The van der Waals surface area contributed by atoms with Crippen molar-refractivity contribution in [2.24, 2.45) is 0 Å². The molecule has 0 aromatic rings. The average molecular weight is 301 g/mol. The van der Waals surface area contributed by atoms with E-state index in [9.17, 15) is 9.59 Å². The van der Waals surface area contributed by atoms with Crippen molar-refractivity contribution in [1.82, 2.24) is 4.90 Å². The number of ether oxygens (including phenoxy) is 1. The Kier molecular flexibility index (Phi) is 13.1. The van der Waals surface area contributed by atoms with Crippen LogP contribution in [0, 0.1) is 0 Å². The van der Waals surface area contributed by atoms with Gasteiger partial charge in [-0.3, -0.25) is 9.59 Å². The Morgan fingerprint density at radius 3 is 1.86 bits per heavy atom. The molecule has 124 valence electrons. The van der Waals surface area contributed by atoms with Gasteiger partial charge in [0.25, 0.3) is 0 Å². The molecule has 5 nitrogen and oxygen atoms in total. The number of methoxy groups -OCH3 is 1. The van der Waals surface area contributed by atoms with Crippen molar-refractivity contribution >= 4 is 11.9 Å². The number of amides is 1. The van der Waals surface area contributed by atoms with E-state index < -0.39 is 5.97 Å². The van der Waals surface area contributed by atoms with Gasteiger partial charge < -0.3 is 14.7 Å². The fraction of sp³-hybridized carbons (Fsp3) is 0.875. The van der Waals surface area contributed by atoms with Crippen LogP contribution < -0.4 is 0 Å². The number of likely N-dealkylation sites (N-methyl/N-ethyl adjacent to an activating group) is 1. The van der Waals surface area contributed by atoms with E-state index in [4.69, 9.17) is 9.84 Å². The lowest BCUT2D eigenvalue weighted by atomic mass is 10.1. The molecule has 0 fully saturated rings. The highest BCUT2D eigenvalue weighted by Crippen LogP contribution is 2.11. The Morgan fingerprint density at radius 2 is 1.38 bits per heavy atom. The molecule has 0 aliphatic heterocycles. The molecule has 0 spiro atoms. The minimum Gasteiger partial charge on any atom is -0.480 e. The number of hydrogen-bond donors (Lipinski definition) is 1. The highest BCUT2D eigenvalue weighted by Gasteiger charge is 2.10. The average Bonchev–Trinajstić information content (AvgIpc) is 2.43. The van der Waals surface area contributed by atoms with E-state index in [2.05, 4.69) is 0 Å². The van der Waals surface area contributed by atoms with Gasteiger partial charge in [0.1, 0.15) is 6.54 Å². The number of carbonyl (C=O) groups is 2. The SMILES string of the molecule is COCCCCCCCCCCCC(=O)N(C)CC(=O)O. The summed E-state index contributed by atoms with van der Waals surface area (Å²) in [5.41, 5.74) is 0. The molecule has 0 atom stereocenters. The first kappa shape index (κ1) is 19.9. The Labute approximate surface area is 128 Å². The van der Waals surface area contributed by atoms with Crippen molar-refractivity contribution in [3.05, 3.63) is 0 Å². The first-order valence-corrected chi connectivity index (χ1v) is 8.02. The van der Waals surface area contributed by atoms with Gasteiger partial charge in [0.15, 0.2) is 0 Å². The van der Waals surface area contributed by atoms with E-state index in [0.29, 0.717) is 6.42 Å². The first-order chi connectivity index (χ1) is 10.1. The maximum absolute atomic E-state index is 11.6. The summed E-state index contributed by atoms with van der Waals surface area (Å²) < 4.78 is 5.01. The Balaban J connectivity index is 3.28. The molecule has 0 rings (SSSR count). The molecular weight excluding hydrogens is 270 g/mol. The summed E-state index contributed by atoms with van der Waals surface area (Å²) in [5.74, 6) is -1.04. The second-order valence-corrected chi connectivity index (χ2v) is 5.57. The topological polar surface area (TPSA) is 66.8 Å². The molecule has 0 bridgehead atoms. The zero-order chi connectivity index (χ0) is 15.9. The number of carboxylic acid groups (broad SMARTS) is 1. The third-order valence-corrected chi connectivity index (χ3v) is 3.54. The number of unbranched alkanes of at least 4 members (excludes halogenated alkanes) is 8. The lowest BCUT2D eigenvalue weighted by Gasteiger charge is -2.14. The van der Waals surface area contributed by atoms with Crippen LogP contribution in [-0.2, 0) is 14.3 Å². The molecule has 0 aliphatic carbocycles. The second kappa shape index (κ2) is 13.9. The van der Waals surface area contributed by atoms with Gasteiger partial charge in [-0.15, -0.1) is 0 Å². The molecule has 0 unspecified atom stereocenters. The highest BCUT2D eigenvalue weighted by atomic mass is 16.5. The summed E-state index contributed by atoms with van der Waals surface area (Å²) in [6, 6.07) is 0. The van der Waals surface area contributed by atoms with Gasteiger partial charge in [-0.1, -0.05) is 44.9 Å². The maximum Gasteiger partial charge on any atom is 0.323 e. The predicted octanol–water partition coefficient (Wildman–Crippen LogP) is 3.08. The number of carboxylic acids is 1. The normalized spacial score (nSPS) is 10.6. The number of carbonyl (C=O) groups excluding carboxylic acids is 1. The molecule has 21 heavy (non-hydrogen) atoms. The van der Waals surface area contributed by atoms with E-state index in [-0.39, 0.29) is 12.5 Å². The summed E-state index contributed by atoms with van der Waals surface area (Å²) in [4.78, 5) is 23.3. The summed E-state index contributed by atoms with van der Waals surface area (Å²) in [5, 5.41) is 8.59. The monoisotopic (exact) mass is 301 g/mol. The van der Waals surface area contributed by atoms with Crippen LogP contribution in [0.1, 0.15) is 64.2 Å². The summed E-state index contributed by atoms with van der Waals surface area (Å²) in [7, 11) is 3.28. The number of nitrogens with zero attached hydrogens (tertiary/aromatic N) is 1. The molecule has 1 amide bonds. The smallest absolute Gasteiger partial charge is 0.323 e. The molecule has 0 aromatic heterocycles. The van der Waals surface area contributed by atoms with Crippen molar-refractivity contribution < 1.29 is 19.4 Å². The van der Waals surface area contributed by atoms with Crippen molar-refractivity contribution in [3.8, 4) is 0 Å². The van der Waals surface area contributed by atoms with Crippen molar-refractivity contribution in [1.29, 1.82) is 0 Å². The van der Waals surface area contributed by atoms with Crippen molar-refractivity contribution in [3.63, 3.8) is 0 Å². The third-order valence-electron chi connectivity index (χ3n) is 3.54. The predicted molar refractivity (Wildman–Crippen MR) is 83.3 cm³/mol. The Bertz CT molecular complexity index is 281. The van der Waals surface area contributed by atoms with Crippen LogP contribution in [-0.4, -0.2) is 49.2 Å². The van der Waals surface area contributed by atoms with E-state index in [1.165, 1.54) is 37.0 Å². The largest absolute Gasteiger partial charge is 0.480 e. The van der Waals surface area contributed by atoms with Crippen molar-refractivity contribution in [2.45, 2.75) is 64.2 Å². The van der Waals surface area contributed by atoms with Gasteiger partial charge in [0.2, 0.25) is 5.91 Å². The molecule has 0 radical (unpaired) electrons. The van der Waals surface area contributed by atoms with Crippen LogP contribution in [0.2, 0.25) is 0 Å². The van der Waals surface area contributed by atoms with E-state index in [1.807, 2.05) is 0 Å². The number of aliphatic carboxylic acids is 1. The number of hydrogen-bond acceptors (Lipinski definition) is 3. The zero-order valence-electron chi connectivity index (χ0n) is 13.6. The van der Waals surface area contributed by atoms with Gasteiger partial charge in [0, 0.05) is 27.2 Å². The standard InChI is InChI=1S/C16H31NO4/c1-17(14-16(19)20)15(18)12-10-8-6-4-3-5-7-9-11-13-21-2/h3-14H2,1-2H3,(H,19,20). The van der Waals surface area contributed by atoms with Crippen LogP contribution in [0.4, 0.5) is 0 Å². The molecule has 0 aromatic carbocycles. The van der Waals surface area contributed by atoms with E-state index in [0.717, 1.165) is 32.3 Å². The zero-order valence-corrected chi connectivity index (χ0v) is 13.6. The fourth-order valence-electron chi connectivity index (χ4n) is 2.24. The molecule has 0 heterocycles.